The van der Waals surface area contributed by atoms with E-state index < -0.39 is 0 Å². The van der Waals surface area contributed by atoms with Crippen molar-refractivity contribution in [3.05, 3.63) is 17.4 Å². The van der Waals surface area contributed by atoms with Gasteiger partial charge >= 0.3 is 6.03 Å². The Balaban J connectivity index is 1.62. The van der Waals surface area contributed by atoms with Gasteiger partial charge < -0.3 is 10.2 Å². The molecule has 3 rings (SSSR count). The van der Waals surface area contributed by atoms with Crippen molar-refractivity contribution in [3.8, 4) is 0 Å². The van der Waals surface area contributed by atoms with Crippen molar-refractivity contribution in [3.63, 3.8) is 0 Å². The van der Waals surface area contributed by atoms with Crippen LogP contribution < -0.4 is 5.32 Å². The summed E-state index contributed by atoms with van der Waals surface area (Å²) < 4.78 is 1.26. The van der Waals surface area contributed by atoms with Crippen molar-refractivity contribution >= 4 is 17.6 Å². The third-order valence-corrected chi connectivity index (χ3v) is 3.75. The lowest BCUT2D eigenvalue weighted by molar-refractivity contribution is 0.204. The maximum Gasteiger partial charge on any atom is 0.342 e. The molecule has 6 heteroatoms. The molecule has 3 unspecified atom stereocenters. The zero-order valence-electron chi connectivity index (χ0n) is 9.47. The van der Waals surface area contributed by atoms with Crippen LogP contribution >= 0.6 is 11.6 Å². The second-order valence-electron chi connectivity index (χ2n) is 4.90. The summed E-state index contributed by atoms with van der Waals surface area (Å²) in [5.41, 5.74) is 0. The fourth-order valence-corrected chi connectivity index (χ4v) is 2.95. The van der Waals surface area contributed by atoms with Gasteiger partial charge in [0, 0.05) is 19.1 Å². The molecule has 92 valence electrons. The van der Waals surface area contributed by atoms with Gasteiger partial charge in [-0.05, 0) is 25.3 Å². The molecule has 2 saturated heterocycles. The topological polar surface area (TPSA) is 50.2 Å². The zero-order chi connectivity index (χ0) is 11.8. The maximum absolute atomic E-state index is 11.9. The summed E-state index contributed by atoms with van der Waals surface area (Å²) in [5, 5.41) is 7.38. The second kappa shape index (κ2) is 4.31. The van der Waals surface area contributed by atoms with E-state index >= 15 is 0 Å². The molecule has 0 spiro atoms. The fraction of sp³-hybridized carbons (Fsp3) is 0.636. The van der Waals surface area contributed by atoms with Gasteiger partial charge in [0.2, 0.25) is 0 Å². The normalized spacial score (nSPS) is 31.5. The standard InChI is InChI=1S/C11H15ClN4O/c12-9-4-13-16(6-9)11(17)14-10-3-8-1-2-15(5-8)7-10/h4,6,8,10H,1-3,5,7H2,(H,14,17). The van der Waals surface area contributed by atoms with Crippen LogP contribution in [0.1, 0.15) is 12.8 Å². The molecule has 2 aliphatic heterocycles. The van der Waals surface area contributed by atoms with Crippen molar-refractivity contribution < 1.29 is 4.79 Å². The van der Waals surface area contributed by atoms with E-state index in [1.165, 1.54) is 36.6 Å². The lowest BCUT2D eigenvalue weighted by Gasteiger charge is -2.30. The van der Waals surface area contributed by atoms with E-state index in [1.807, 2.05) is 0 Å². The number of halogens is 1. The molecule has 5 nitrogen and oxygen atoms in total. The first-order valence-corrected chi connectivity index (χ1v) is 6.32. The molecule has 2 bridgehead atoms. The molecule has 1 amide bonds. The molecule has 1 N–H and O–H groups in total. The van der Waals surface area contributed by atoms with Crippen LogP contribution in [0.4, 0.5) is 4.79 Å². The van der Waals surface area contributed by atoms with Crippen molar-refractivity contribution in [1.82, 2.24) is 20.0 Å². The third-order valence-electron chi connectivity index (χ3n) is 3.55. The van der Waals surface area contributed by atoms with E-state index in [9.17, 15) is 4.79 Å². The fourth-order valence-electron chi connectivity index (χ4n) is 2.82. The lowest BCUT2D eigenvalue weighted by atomic mass is 9.97. The van der Waals surface area contributed by atoms with Gasteiger partial charge in [0.25, 0.3) is 0 Å². The highest BCUT2D eigenvalue weighted by Gasteiger charge is 2.33. The van der Waals surface area contributed by atoms with Crippen molar-refractivity contribution in [2.45, 2.75) is 18.9 Å². The van der Waals surface area contributed by atoms with Gasteiger partial charge in [-0.2, -0.15) is 9.78 Å². The van der Waals surface area contributed by atoms with Crippen LogP contribution in [-0.4, -0.2) is 46.4 Å². The number of amides is 1. The van der Waals surface area contributed by atoms with E-state index in [-0.39, 0.29) is 12.1 Å². The number of carbonyl (C=O) groups is 1. The summed E-state index contributed by atoms with van der Waals surface area (Å²) in [6.45, 7) is 3.32. The molecule has 0 aliphatic carbocycles. The van der Waals surface area contributed by atoms with Crippen LogP contribution in [0.2, 0.25) is 5.02 Å². The second-order valence-corrected chi connectivity index (χ2v) is 5.34. The van der Waals surface area contributed by atoms with Gasteiger partial charge in [0.1, 0.15) is 0 Å². The number of hydrogen-bond donors (Lipinski definition) is 1. The molecule has 0 saturated carbocycles. The number of piperidine rings is 1. The first-order chi connectivity index (χ1) is 8.20. The summed E-state index contributed by atoms with van der Waals surface area (Å²) in [4.78, 5) is 14.3. The number of fused-ring (bicyclic) bond motifs is 2. The summed E-state index contributed by atoms with van der Waals surface area (Å²) >= 11 is 5.73. The van der Waals surface area contributed by atoms with E-state index in [2.05, 4.69) is 15.3 Å². The molecule has 17 heavy (non-hydrogen) atoms. The van der Waals surface area contributed by atoms with Gasteiger partial charge in [0.05, 0.1) is 17.4 Å². The van der Waals surface area contributed by atoms with Crippen LogP contribution in [0.5, 0.6) is 0 Å². The monoisotopic (exact) mass is 254 g/mol. The number of carbonyl (C=O) groups excluding carboxylic acids is 1. The summed E-state index contributed by atoms with van der Waals surface area (Å²) in [6, 6.07) is 0.0520. The molecule has 2 fully saturated rings. The van der Waals surface area contributed by atoms with E-state index in [0.29, 0.717) is 5.02 Å². The summed E-state index contributed by atoms with van der Waals surface area (Å²) in [6.07, 6.45) is 5.33. The number of aromatic nitrogens is 2. The largest absolute Gasteiger partial charge is 0.342 e. The minimum Gasteiger partial charge on any atom is -0.332 e. The Hall–Kier alpha value is -1.07. The van der Waals surface area contributed by atoms with Gasteiger partial charge in [-0.1, -0.05) is 11.6 Å². The predicted octanol–water partition coefficient (Wildman–Crippen LogP) is 1.19. The quantitative estimate of drug-likeness (QED) is 0.819. The predicted molar refractivity (Wildman–Crippen MR) is 64.1 cm³/mol. The average molecular weight is 255 g/mol. The Kier molecular flexibility index (Phi) is 2.80. The van der Waals surface area contributed by atoms with Crippen LogP contribution in [0, 0.1) is 5.92 Å². The Morgan fingerprint density at radius 3 is 3.12 bits per heavy atom. The maximum atomic E-state index is 11.9. The molecule has 1 aromatic heterocycles. The summed E-state index contributed by atoms with van der Waals surface area (Å²) in [7, 11) is 0. The Morgan fingerprint density at radius 1 is 1.53 bits per heavy atom. The zero-order valence-corrected chi connectivity index (χ0v) is 10.2. The number of nitrogens with zero attached hydrogens (tertiary/aromatic N) is 3. The van der Waals surface area contributed by atoms with Crippen molar-refractivity contribution in [1.29, 1.82) is 0 Å². The van der Waals surface area contributed by atoms with Gasteiger partial charge in [-0.3, -0.25) is 0 Å². The minimum atomic E-state index is -0.190. The third kappa shape index (κ3) is 2.30. The first kappa shape index (κ1) is 11.0. The molecule has 2 aliphatic rings. The molecule has 1 aromatic rings. The number of rotatable bonds is 1. The average Bonchev–Trinajstić information content (AvgIpc) is 2.85. The van der Waals surface area contributed by atoms with Gasteiger partial charge in [-0.15, -0.1) is 0 Å². The number of nitrogens with one attached hydrogen (secondary N) is 1. The Morgan fingerprint density at radius 2 is 2.41 bits per heavy atom. The SMILES string of the molecule is O=C(NC1CC2CCN(C2)C1)n1cc(Cl)cn1. The lowest BCUT2D eigenvalue weighted by Crippen LogP contribution is -2.48. The highest BCUT2D eigenvalue weighted by molar-refractivity contribution is 6.30. The van der Waals surface area contributed by atoms with Crippen LogP contribution in [0.3, 0.4) is 0 Å². The van der Waals surface area contributed by atoms with Gasteiger partial charge in [-0.25, -0.2) is 4.79 Å². The van der Waals surface area contributed by atoms with Crippen LogP contribution in [0.25, 0.3) is 0 Å². The van der Waals surface area contributed by atoms with E-state index in [1.54, 1.807) is 0 Å². The minimum absolute atomic E-state index is 0.190. The highest BCUT2D eigenvalue weighted by Crippen LogP contribution is 2.26. The molecule has 0 radical (unpaired) electrons. The molecule has 3 heterocycles. The highest BCUT2D eigenvalue weighted by atomic mass is 35.5. The smallest absolute Gasteiger partial charge is 0.332 e. The molecule has 0 aromatic carbocycles. The van der Waals surface area contributed by atoms with Crippen LogP contribution in [-0.2, 0) is 0 Å². The van der Waals surface area contributed by atoms with Crippen LogP contribution in [0.15, 0.2) is 12.4 Å². The molecular weight excluding hydrogens is 240 g/mol. The molecule has 3 atom stereocenters. The Bertz CT molecular complexity index is 421. The van der Waals surface area contributed by atoms with Gasteiger partial charge in [0.15, 0.2) is 0 Å². The Labute approximate surface area is 105 Å². The molecular formula is C11H15ClN4O. The van der Waals surface area contributed by atoms with Crippen molar-refractivity contribution in [2.24, 2.45) is 5.92 Å². The summed E-state index contributed by atoms with van der Waals surface area (Å²) in [5.74, 6) is 0.746. The first-order valence-electron chi connectivity index (χ1n) is 5.94. The van der Waals surface area contributed by atoms with Crippen molar-refractivity contribution in [2.75, 3.05) is 19.6 Å². The van der Waals surface area contributed by atoms with E-state index in [0.717, 1.165) is 18.9 Å². The van der Waals surface area contributed by atoms with E-state index in [4.69, 9.17) is 11.6 Å². The number of hydrogen-bond acceptors (Lipinski definition) is 3.